The zero-order valence-corrected chi connectivity index (χ0v) is 13.0. The van der Waals surface area contributed by atoms with Gasteiger partial charge in [0.2, 0.25) is 5.82 Å². The third kappa shape index (κ3) is 2.45. The predicted molar refractivity (Wildman–Crippen MR) is 82.1 cm³/mol. The Hall–Kier alpha value is -2.77. The lowest BCUT2D eigenvalue weighted by atomic mass is 10.1. The molecule has 0 spiro atoms. The van der Waals surface area contributed by atoms with Crippen molar-refractivity contribution in [2.75, 3.05) is 0 Å². The van der Waals surface area contributed by atoms with Crippen LogP contribution in [-0.2, 0) is 13.0 Å². The predicted octanol–water partition coefficient (Wildman–Crippen LogP) is 0.682. The minimum atomic E-state index is -0.263. The first kappa shape index (κ1) is 13.9. The molecule has 23 heavy (non-hydrogen) atoms. The van der Waals surface area contributed by atoms with Crippen molar-refractivity contribution < 1.29 is 4.79 Å². The molecule has 1 aliphatic rings. The molecule has 0 radical (unpaired) electrons. The van der Waals surface area contributed by atoms with Crippen LogP contribution in [0.3, 0.4) is 0 Å². The van der Waals surface area contributed by atoms with Crippen molar-refractivity contribution in [3.63, 3.8) is 0 Å². The molecule has 3 aromatic rings. The van der Waals surface area contributed by atoms with E-state index in [-0.39, 0.29) is 17.8 Å². The fourth-order valence-electron chi connectivity index (χ4n) is 3.00. The summed E-state index contributed by atoms with van der Waals surface area (Å²) in [6, 6.07) is 1.97. The summed E-state index contributed by atoms with van der Waals surface area (Å²) in [5.74, 6) is 1.41. The molecular formula is C15H17N7O. The summed E-state index contributed by atoms with van der Waals surface area (Å²) in [5.41, 5.74) is 1.76. The molecule has 1 aliphatic heterocycles. The largest absolute Gasteiger partial charge is 0.345 e. The zero-order valence-electron chi connectivity index (χ0n) is 13.0. The topological polar surface area (TPSA) is 90.0 Å². The van der Waals surface area contributed by atoms with E-state index < -0.39 is 0 Å². The van der Waals surface area contributed by atoms with Crippen LogP contribution in [0, 0.1) is 13.8 Å². The van der Waals surface area contributed by atoms with E-state index in [1.807, 2.05) is 26.1 Å². The highest BCUT2D eigenvalue weighted by Crippen LogP contribution is 2.13. The second kappa shape index (κ2) is 5.15. The molecule has 118 valence electrons. The van der Waals surface area contributed by atoms with E-state index in [0.717, 1.165) is 36.6 Å². The molecule has 1 atom stereocenters. The quantitative estimate of drug-likeness (QED) is 0.752. The SMILES string of the molecule is Cc1cc(C)n2nc(C(=O)N[C@H]3CCc4nccn4C3)nc2n1. The van der Waals surface area contributed by atoms with Crippen molar-refractivity contribution in [3.05, 3.63) is 41.5 Å². The summed E-state index contributed by atoms with van der Waals surface area (Å²) >= 11 is 0. The van der Waals surface area contributed by atoms with E-state index in [1.165, 1.54) is 0 Å². The first-order chi connectivity index (χ1) is 11.1. The maximum absolute atomic E-state index is 12.4. The Bertz CT molecular complexity index is 895. The molecule has 0 bridgehead atoms. The molecule has 8 heteroatoms. The molecule has 1 amide bonds. The van der Waals surface area contributed by atoms with Gasteiger partial charge in [-0.25, -0.2) is 14.5 Å². The van der Waals surface area contributed by atoms with Gasteiger partial charge in [0.05, 0.1) is 0 Å². The number of amides is 1. The van der Waals surface area contributed by atoms with Gasteiger partial charge in [-0.05, 0) is 26.3 Å². The number of nitrogens with one attached hydrogen (secondary N) is 1. The molecule has 0 fully saturated rings. The minimum absolute atomic E-state index is 0.0617. The Morgan fingerprint density at radius 1 is 1.35 bits per heavy atom. The normalized spacial score (nSPS) is 17.2. The van der Waals surface area contributed by atoms with Gasteiger partial charge in [0, 0.05) is 42.8 Å². The standard InChI is InChI=1S/C15H17N7O/c1-9-7-10(2)22-15(17-9)19-13(20-22)14(23)18-11-3-4-12-16-5-6-21(12)8-11/h5-7,11H,3-4,8H2,1-2H3,(H,18,23)/t11-/m0/s1. The monoisotopic (exact) mass is 311 g/mol. The number of fused-ring (bicyclic) bond motifs is 2. The van der Waals surface area contributed by atoms with Crippen LogP contribution in [0.15, 0.2) is 18.5 Å². The fourth-order valence-corrected chi connectivity index (χ4v) is 3.00. The van der Waals surface area contributed by atoms with Crippen molar-refractivity contribution >= 4 is 11.7 Å². The summed E-state index contributed by atoms with van der Waals surface area (Å²) < 4.78 is 3.66. The summed E-state index contributed by atoms with van der Waals surface area (Å²) in [5, 5.41) is 7.27. The summed E-state index contributed by atoms with van der Waals surface area (Å²) in [4.78, 5) is 25.3. The van der Waals surface area contributed by atoms with Crippen LogP contribution in [0.1, 0.15) is 34.3 Å². The maximum atomic E-state index is 12.4. The summed E-state index contributed by atoms with van der Waals surface area (Å²) in [7, 11) is 0. The minimum Gasteiger partial charge on any atom is -0.345 e. The highest BCUT2D eigenvalue weighted by molar-refractivity contribution is 5.91. The zero-order chi connectivity index (χ0) is 16.0. The van der Waals surface area contributed by atoms with Crippen LogP contribution in [0.5, 0.6) is 0 Å². The fraction of sp³-hybridized carbons (Fsp3) is 0.400. The van der Waals surface area contributed by atoms with Crippen LogP contribution in [0.4, 0.5) is 0 Å². The van der Waals surface area contributed by atoms with E-state index in [2.05, 4.69) is 29.9 Å². The van der Waals surface area contributed by atoms with Crippen LogP contribution >= 0.6 is 0 Å². The number of imidazole rings is 1. The Balaban J connectivity index is 1.55. The lowest BCUT2D eigenvalue weighted by molar-refractivity contribution is 0.0917. The third-order valence-corrected chi connectivity index (χ3v) is 4.09. The molecule has 4 heterocycles. The van der Waals surface area contributed by atoms with Crippen LogP contribution in [0.25, 0.3) is 5.78 Å². The third-order valence-electron chi connectivity index (χ3n) is 4.09. The number of carbonyl (C=O) groups is 1. The van der Waals surface area contributed by atoms with Gasteiger partial charge in [0.1, 0.15) is 5.82 Å². The average molecular weight is 311 g/mol. The van der Waals surface area contributed by atoms with Crippen LogP contribution < -0.4 is 5.32 Å². The maximum Gasteiger partial charge on any atom is 0.291 e. The van der Waals surface area contributed by atoms with E-state index in [4.69, 9.17) is 0 Å². The second-order valence-electron chi connectivity index (χ2n) is 5.89. The molecule has 1 N–H and O–H groups in total. The molecule has 4 rings (SSSR count). The van der Waals surface area contributed by atoms with E-state index >= 15 is 0 Å². The first-order valence-electron chi connectivity index (χ1n) is 7.62. The Morgan fingerprint density at radius 2 is 2.22 bits per heavy atom. The smallest absolute Gasteiger partial charge is 0.291 e. The molecule has 0 unspecified atom stereocenters. The number of hydrogen-bond donors (Lipinski definition) is 1. The molecule has 8 nitrogen and oxygen atoms in total. The number of aryl methyl sites for hydroxylation is 3. The summed E-state index contributed by atoms with van der Waals surface area (Å²) in [6.07, 6.45) is 5.45. The molecule has 0 saturated heterocycles. The lowest BCUT2D eigenvalue weighted by Gasteiger charge is -2.24. The van der Waals surface area contributed by atoms with Gasteiger partial charge < -0.3 is 9.88 Å². The molecular weight excluding hydrogens is 294 g/mol. The number of carbonyl (C=O) groups excluding carboxylic acids is 1. The van der Waals surface area contributed by atoms with E-state index in [9.17, 15) is 4.79 Å². The Labute approximate surface area is 132 Å². The Morgan fingerprint density at radius 3 is 3.09 bits per heavy atom. The van der Waals surface area contributed by atoms with Gasteiger partial charge in [-0.3, -0.25) is 4.79 Å². The lowest BCUT2D eigenvalue weighted by Crippen LogP contribution is -2.41. The van der Waals surface area contributed by atoms with Gasteiger partial charge in [0.15, 0.2) is 0 Å². The van der Waals surface area contributed by atoms with Crippen molar-refractivity contribution in [1.82, 2.24) is 34.4 Å². The summed E-state index contributed by atoms with van der Waals surface area (Å²) in [6.45, 7) is 4.54. The second-order valence-corrected chi connectivity index (χ2v) is 5.89. The molecule has 0 aliphatic carbocycles. The van der Waals surface area contributed by atoms with Gasteiger partial charge in [0.25, 0.3) is 11.7 Å². The van der Waals surface area contributed by atoms with Crippen molar-refractivity contribution in [1.29, 1.82) is 0 Å². The first-order valence-corrected chi connectivity index (χ1v) is 7.62. The van der Waals surface area contributed by atoms with E-state index in [0.29, 0.717) is 5.78 Å². The Kier molecular flexibility index (Phi) is 3.10. The van der Waals surface area contributed by atoms with Gasteiger partial charge in [-0.1, -0.05) is 0 Å². The number of hydrogen-bond acceptors (Lipinski definition) is 5. The number of nitrogens with zero attached hydrogens (tertiary/aromatic N) is 6. The van der Waals surface area contributed by atoms with Crippen LogP contribution in [0.2, 0.25) is 0 Å². The molecule has 3 aromatic heterocycles. The van der Waals surface area contributed by atoms with Crippen molar-refractivity contribution in [2.24, 2.45) is 0 Å². The molecule has 0 aromatic carbocycles. The highest BCUT2D eigenvalue weighted by Gasteiger charge is 2.23. The van der Waals surface area contributed by atoms with Gasteiger partial charge >= 0.3 is 0 Å². The molecule has 0 saturated carbocycles. The number of rotatable bonds is 2. The average Bonchev–Trinajstić information content (AvgIpc) is 3.12. The number of aromatic nitrogens is 6. The van der Waals surface area contributed by atoms with Gasteiger partial charge in [-0.15, -0.1) is 5.10 Å². The van der Waals surface area contributed by atoms with Crippen molar-refractivity contribution in [2.45, 2.75) is 39.3 Å². The highest BCUT2D eigenvalue weighted by atomic mass is 16.2. The van der Waals surface area contributed by atoms with Crippen molar-refractivity contribution in [3.8, 4) is 0 Å². The van der Waals surface area contributed by atoms with Crippen LogP contribution in [-0.4, -0.2) is 41.1 Å². The van der Waals surface area contributed by atoms with Gasteiger partial charge in [-0.2, -0.15) is 4.98 Å². The van der Waals surface area contributed by atoms with E-state index in [1.54, 1.807) is 10.7 Å².